The van der Waals surface area contributed by atoms with Crippen LogP contribution in [0.15, 0.2) is 12.2 Å². The van der Waals surface area contributed by atoms with E-state index in [1.54, 1.807) is 0 Å². The number of rotatable bonds is 1. The van der Waals surface area contributed by atoms with E-state index in [2.05, 4.69) is 27.4 Å². The van der Waals surface area contributed by atoms with Crippen LogP contribution in [0.4, 0.5) is 0 Å². The van der Waals surface area contributed by atoms with Gasteiger partial charge in [0.1, 0.15) is 0 Å². The third-order valence-corrected chi connectivity index (χ3v) is 5.30. The maximum Gasteiger partial charge on any atom is 0.0653 e. The quantitative estimate of drug-likeness (QED) is 0.667. The van der Waals surface area contributed by atoms with E-state index in [9.17, 15) is 5.11 Å². The second-order valence-electron chi connectivity index (χ2n) is 6.73. The Labute approximate surface area is 99.9 Å². The molecule has 92 valence electrons. The maximum atomic E-state index is 10.6. The van der Waals surface area contributed by atoms with Gasteiger partial charge in [0.25, 0.3) is 0 Å². The van der Waals surface area contributed by atoms with Gasteiger partial charge >= 0.3 is 0 Å². The molecule has 0 aliphatic heterocycles. The molecular formula is C15H26O. The van der Waals surface area contributed by atoms with Gasteiger partial charge in [0.15, 0.2) is 0 Å². The lowest BCUT2D eigenvalue weighted by Crippen LogP contribution is -2.51. The van der Waals surface area contributed by atoms with Gasteiger partial charge in [-0.15, -0.1) is 0 Å². The molecule has 0 amide bonds. The molecule has 1 nitrogen and oxygen atoms in total. The molecule has 0 radical (unpaired) electrons. The molecule has 0 aromatic heterocycles. The van der Waals surface area contributed by atoms with Gasteiger partial charge in [-0.1, -0.05) is 25.5 Å². The van der Waals surface area contributed by atoms with Crippen LogP contribution < -0.4 is 0 Å². The van der Waals surface area contributed by atoms with E-state index in [1.807, 2.05) is 0 Å². The van der Waals surface area contributed by atoms with E-state index in [0.29, 0.717) is 17.3 Å². The first-order chi connectivity index (χ1) is 7.35. The van der Waals surface area contributed by atoms with Gasteiger partial charge in [0.2, 0.25) is 0 Å². The van der Waals surface area contributed by atoms with Gasteiger partial charge in [0.05, 0.1) is 5.60 Å². The zero-order valence-electron chi connectivity index (χ0n) is 11.1. The molecule has 1 N–H and O–H groups in total. The molecule has 4 atom stereocenters. The Balaban J connectivity index is 2.21. The predicted octanol–water partition coefficient (Wildman–Crippen LogP) is 3.92. The average Bonchev–Trinajstić information content (AvgIpc) is 2.15. The first-order valence-electron chi connectivity index (χ1n) is 6.73. The van der Waals surface area contributed by atoms with Crippen LogP contribution in [-0.4, -0.2) is 10.7 Å². The van der Waals surface area contributed by atoms with Crippen molar-refractivity contribution < 1.29 is 5.11 Å². The first-order valence-corrected chi connectivity index (χ1v) is 6.73. The molecule has 2 fully saturated rings. The van der Waals surface area contributed by atoms with Crippen molar-refractivity contribution in [2.75, 3.05) is 0 Å². The Bertz CT molecular complexity index is 292. The summed E-state index contributed by atoms with van der Waals surface area (Å²) < 4.78 is 0. The fraction of sp³-hybridized carbons (Fsp3) is 0.867. The molecule has 16 heavy (non-hydrogen) atoms. The molecule has 0 saturated heterocycles. The Morgan fingerprint density at radius 1 is 1.25 bits per heavy atom. The van der Waals surface area contributed by atoms with Gasteiger partial charge in [0, 0.05) is 0 Å². The highest BCUT2D eigenvalue weighted by atomic mass is 16.3. The van der Waals surface area contributed by atoms with Crippen molar-refractivity contribution in [1.29, 1.82) is 0 Å². The van der Waals surface area contributed by atoms with Crippen LogP contribution in [0.1, 0.15) is 59.3 Å². The first kappa shape index (κ1) is 12.2. The molecule has 2 aliphatic rings. The molecule has 0 aromatic rings. The van der Waals surface area contributed by atoms with E-state index in [0.717, 1.165) is 12.8 Å². The number of aliphatic hydroxyl groups is 1. The monoisotopic (exact) mass is 222 g/mol. The molecule has 1 heteroatoms. The van der Waals surface area contributed by atoms with Crippen LogP contribution in [-0.2, 0) is 0 Å². The van der Waals surface area contributed by atoms with Crippen LogP contribution in [0.25, 0.3) is 0 Å². The second-order valence-corrected chi connectivity index (χ2v) is 6.73. The zero-order chi connectivity index (χ0) is 12.0. The largest absolute Gasteiger partial charge is 0.390 e. The number of allylic oxidation sites excluding steroid dienone is 1. The summed E-state index contributed by atoms with van der Waals surface area (Å²) in [6, 6.07) is 0. The van der Waals surface area contributed by atoms with Crippen molar-refractivity contribution in [3.05, 3.63) is 12.2 Å². The van der Waals surface area contributed by atoms with Crippen molar-refractivity contribution in [3.8, 4) is 0 Å². The summed E-state index contributed by atoms with van der Waals surface area (Å²) >= 11 is 0. The minimum absolute atomic E-state index is 0.383. The summed E-state index contributed by atoms with van der Waals surface area (Å²) in [5.41, 5.74) is 1.25. The number of fused-ring (bicyclic) bond motifs is 1. The highest BCUT2D eigenvalue weighted by Gasteiger charge is 2.50. The lowest BCUT2D eigenvalue weighted by atomic mass is 9.53. The lowest BCUT2D eigenvalue weighted by molar-refractivity contribution is -0.120. The van der Waals surface area contributed by atoms with Gasteiger partial charge in [-0.05, 0) is 63.2 Å². The molecule has 1 unspecified atom stereocenters. The Hall–Kier alpha value is -0.300. The van der Waals surface area contributed by atoms with E-state index in [-0.39, 0.29) is 0 Å². The Kier molecular flexibility index (Phi) is 2.94. The third kappa shape index (κ3) is 1.95. The molecule has 0 aromatic carbocycles. The summed E-state index contributed by atoms with van der Waals surface area (Å²) in [5.74, 6) is 1.12. The Morgan fingerprint density at radius 3 is 2.56 bits per heavy atom. The Morgan fingerprint density at radius 2 is 1.94 bits per heavy atom. The van der Waals surface area contributed by atoms with Gasteiger partial charge in [-0.25, -0.2) is 0 Å². The van der Waals surface area contributed by atoms with Crippen molar-refractivity contribution in [1.82, 2.24) is 0 Å². The fourth-order valence-corrected chi connectivity index (χ4v) is 4.14. The number of hydrogen-bond acceptors (Lipinski definition) is 1. The van der Waals surface area contributed by atoms with Crippen LogP contribution >= 0.6 is 0 Å². The van der Waals surface area contributed by atoms with Gasteiger partial charge < -0.3 is 5.11 Å². The van der Waals surface area contributed by atoms with Crippen molar-refractivity contribution in [3.63, 3.8) is 0 Å². The average molecular weight is 222 g/mol. The standard InChI is InChI=1S/C15H26O/c1-11(2)12-6-9-14(3)7-5-8-15(4,16)13(14)10-12/h12-13,16H,1,5-10H2,2-4H3/t12-,13?,14+,15+/m1/s1. The smallest absolute Gasteiger partial charge is 0.0653 e. The highest BCUT2D eigenvalue weighted by Crippen LogP contribution is 2.56. The third-order valence-electron chi connectivity index (χ3n) is 5.30. The van der Waals surface area contributed by atoms with Crippen LogP contribution in [0, 0.1) is 17.3 Å². The highest BCUT2D eigenvalue weighted by molar-refractivity contribution is 5.07. The van der Waals surface area contributed by atoms with Gasteiger partial charge in [-0.3, -0.25) is 0 Å². The molecule has 0 spiro atoms. The van der Waals surface area contributed by atoms with E-state index >= 15 is 0 Å². The summed E-state index contributed by atoms with van der Waals surface area (Å²) in [6.45, 7) is 10.7. The zero-order valence-corrected chi connectivity index (χ0v) is 11.1. The lowest BCUT2D eigenvalue weighted by Gasteiger charge is -2.54. The van der Waals surface area contributed by atoms with Crippen molar-refractivity contribution >= 4 is 0 Å². The molecule has 0 heterocycles. The van der Waals surface area contributed by atoms with Crippen molar-refractivity contribution in [2.45, 2.75) is 64.9 Å². The summed E-state index contributed by atoms with van der Waals surface area (Å²) in [4.78, 5) is 0. The normalized spacial score (nSPS) is 48.5. The van der Waals surface area contributed by atoms with Crippen LogP contribution in [0.5, 0.6) is 0 Å². The summed E-state index contributed by atoms with van der Waals surface area (Å²) in [6.07, 6.45) is 7.17. The minimum Gasteiger partial charge on any atom is -0.390 e. The molecule has 0 bridgehead atoms. The van der Waals surface area contributed by atoms with E-state index < -0.39 is 5.60 Å². The maximum absolute atomic E-state index is 10.6. The van der Waals surface area contributed by atoms with E-state index in [1.165, 1.54) is 31.3 Å². The van der Waals surface area contributed by atoms with Gasteiger partial charge in [-0.2, -0.15) is 0 Å². The van der Waals surface area contributed by atoms with Crippen LogP contribution in [0.2, 0.25) is 0 Å². The topological polar surface area (TPSA) is 20.2 Å². The summed E-state index contributed by atoms with van der Waals surface area (Å²) in [7, 11) is 0. The molecule has 2 rings (SSSR count). The fourth-order valence-electron chi connectivity index (χ4n) is 4.14. The molecule has 2 aliphatic carbocycles. The SMILES string of the molecule is C=C(C)[C@@H]1CC[C@]2(C)CCC[C@](C)(O)C2C1. The minimum atomic E-state index is -0.443. The van der Waals surface area contributed by atoms with Crippen LogP contribution in [0.3, 0.4) is 0 Å². The predicted molar refractivity (Wildman–Crippen MR) is 68.2 cm³/mol. The van der Waals surface area contributed by atoms with Crippen molar-refractivity contribution in [2.24, 2.45) is 17.3 Å². The molecule has 2 saturated carbocycles. The molecular weight excluding hydrogens is 196 g/mol. The summed E-state index contributed by atoms with van der Waals surface area (Å²) in [5, 5.41) is 10.6. The second kappa shape index (κ2) is 3.87. The van der Waals surface area contributed by atoms with E-state index in [4.69, 9.17) is 0 Å². The number of hydrogen-bond donors (Lipinski definition) is 1.